The Kier molecular flexibility index (Phi) is 5.98. The van der Waals surface area contributed by atoms with Crippen molar-refractivity contribution in [3.05, 3.63) is 16.1 Å². The van der Waals surface area contributed by atoms with Crippen LogP contribution in [0.4, 0.5) is 0 Å². The largest absolute Gasteiger partial charge is 0.346 e. The van der Waals surface area contributed by atoms with E-state index in [9.17, 15) is 4.79 Å². The van der Waals surface area contributed by atoms with Crippen LogP contribution in [0.1, 0.15) is 57.7 Å². The van der Waals surface area contributed by atoms with Crippen LogP contribution in [0.15, 0.2) is 5.38 Å². The van der Waals surface area contributed by atoms with Crippen LogP contribution >= 0.6 is 11.3 Å². The molecule has 0 radical (unpaired) electrons. The van der Waals surface area contributed by atoms with Gasteiger partial charge < -0.3 is 4.90 Å². The summed E-state index contributed by atoms with van der Waals surface area (Å²) in [5.41, 5.74) is 1.22. The number of hydrogen-bond acceptors (Lipinski definition) is 3. The Hall–Kier alpha value is -0.900. The van der Waals surface area contributed by atoms with Gasteiger partial charge in [-0.3, -0.25) is 4.79 Å². The quantitative estimate of drug-likeness (QED) is 0.798. The molecule has 0 spiro atoms. The number of carbonyl (C=O) groups is 1. The number of amides is 1. The number of carbonyl (C=O) groups excluding carboxylic acids is 1. The SMILES string of the molecule is CCCCN(C)C(=O)CCc1nc(C(C)(C)C)cs1. The Morgan fingerprint density at radius 1 is 1.42 bits per heavy atom. The number of aromatic nitrogens is 1. The van der Waals surface area contributed by atoms with E-state index in [1.54, 1.807) is 11.3 Å². The van der Waals surface area contributed by atoms with Crippen molar-refractivity contribution in [2.24, 2.45) is 0 Å². The summed E-state index contributed by atoms with van der Waals surface area (Å²) in [4.78, 5) is 18.4. The number of nitrogens with zero attached hydrogens (tertiary/aromatic N) is 2. The highest BCUT2D eigenvalue weighted by Crippen LogP contribution is 2.24. The Bertz CT molecular complexity index is 407. The molecule has 0 bridgehead atoms. The Balaban J connectivity index is 2.44. The first-order valence-electron chi connectivity index (χ1n) is 7.03. The lowest BCUT2D eigenvalue weighted by molar-refractivity contribution is -0.129. The van der Waals surface area contributed by atoms with Crippen LogP contribution in [-0.4, -0.2) is 29.4 Å². The van der Waals surface area contributed by atoms with E-state index in [4.69, 9.17) is 0 Å². The maximum atomic E-state index is 11.9. The lowest BCUT2D eigenvalue weighted by Crippen LogP contribution is -2.27. The summed E-state index contributed by atoms with van der Waals surface area (Å²) in [6, 6.07) is 0. The van der Waals surface area contributed by atoms with Crippen molar-refractivity contribution in [1.29, 1.82) is 0 Å². The molecule has 0 aliphatic rings. The Morgan fingerprint density at radius 2 is 2.11 bits per heavy atom. The molecule has 0 N–H and O–H groups in total. The minimum absolute atomic E-state index is 0.0939. The highest BCUT2D eigenvalue weighted by atomic mass is 32.1. The highest BCUT2D eigenvalue weighted by Gasteiger charge is 2.18. The van der Waals surface area contributed by atoms with Gasteiger partial charge in [0.25, 0.3) is 0 Å². The highest BCUT2D eigenvalue weighted by molar-refractivity contribution is 7.09. The van der Waals surface area contributed by atoms with Crippen molar-refractivity contribution in [1.82, 2.24) is 9.88 Å². The van der Waals surface area contributed by atoms with Gasteiger partial charge in [-0.15, -0.1) is 11.3 Å². The standard InChI is InChI=1S/C15H26N2OS/c1-6-7-10-17(5)14(18)9-8-13-16-12(11-19-13)15(2,3)4/h11H,6-10H2,1-5H3. The lowest BCUT2D eigenvalue weighted by atomic mass is 9.93. The zero-order valence-corrected chi connectivity index (χ0v) is 13.6. The third-order valence-corrected chi connectivity index (χ3v) is 4.05. The van der Waals surface area contributed by atoms with E-state index < -0.39 is 0 Å². The van der Waals surface area contributed by atoms with Crippen LogP contribution in [0.2, 0.25) is 0 Å². The van der Waals surface area contributed by atoms with Gasteiger partial charge in [0.2, 0.25) is 5.91 Å². The monoisotopic (exact) mass is 282 g/mol. The summed E-state index contributed by atoms with van der Waals surface area (Å²) in [6.45, 7) is 9.49. The molecule has 4 heteroatoms. The fraction of sp³-hybridized carbons (Fsp3) is 0.733. The van der Waals surface area contributed by atoms with Gasteiger partial charge in [0.05, 0.1) is 10.7 Å². The molecule has 0 aromatic carbocycles. The van der Waals surface area contributed by atoms with Gasteiger partial charge in [-0.25, -0.2) is 4.98 Å². The third kappa shape index (κ3) is 5.31. The Morgan fingerprint density at radius 3 is 2.63 bits per heavy atom. The molecular formula is C15H26N2OS. The van der Waals surface area contributed by atoms with E-state index in [2.05, 4.69) is 38.1 Å². The molecular weight excluding hydrogens is 256 g/mol. The van der Waals surface area contributed by atoms with Gasteiger partial charge in [0, 0.05) is 37.2 Å². The summed E-state index contributed by atoms with van der Waals surface area (Å²) < 4.78 is 0. The third-order valence-electron chi connectivity index (χ3n) is 3.15. The van der Waals surface area contributed by atoms with E-state index >= 15 is 0 Å². The Labute approximate surface area is 121 Å². The van der Waals surface area contributed by atoms with Crippen LogP contribution in [0, 0.1) is 0 Å². The van der Waals surface area contributed by atoms with Gasteiger partial charge in [0.1, 0.15) is 0 Å². The number of rotatable bonds is 6. The van der Waals surface area contributed by atoms with E-state index in [1.165, 1.54) is 0 Å². The van der Waals surface area contributed by atoms with Gasteiger partial charge in [-0.2, -0.15) is 0 Å². The van der Waals surface area contributed by atoms with Gasteiger partial charge in [-0.1, -0.05) is 34.1 Å². The van der Waals surface area contributed by atoms with Crippen molar-refractivity contribution in [2.75, 3.05) is 13.6 Å². The molecule has 19 heavy (non-hydrogen) atoms. The molecule has 0 atom stereocenters. The van der Waals surface area contributed by atoms with Crippen LogP contribution in [0.25, 0.3) is 0 Å². The first-order valence-corrected chi connectivity index (χ1v) is 7.91. The number of unbranched alkanes of at least 4 members (excludes halogenated alkanes) is 1. The smallest absolute Gasteiger partial charge is 0.222 e. The average Bonchev–Trinajstić information content (AvgIpc) is 2.81. The summed E-state index contributed by atoms with van der Waals surface area (Å²) in [7, 11) is 1.89. The minimum Gasteiger partial charge on any atom is -0.346 e. The molecule has 1 amide bonds. The fourth-order valence-electron chi connectivity index (χ4n) is 1.69. The molecule has 1 aromatic rings. The summed E-state index contributed by atoms with van der Waals surface area (Å²) in [5.74, 6) is 0.223. The summed E-state index contributed by atoms with van der Waals surface area (Å²) >= 11 is 1.67. The maximum absolute atomic E-state index is 11.9. The summed E-state index contributed by atoms with van der Waals surface area (Å²) in [5, 5.41) is 3.18. The normalized spacial score (nSPS) is 11.6. The van der Waals surface area contributed by atoms with Gasteiger partial charge in [-0.05, 0) is 6.42 Å². The zero-order valence-electron chi connectivity index (χ0n) is 12.8. The number of hydrogen-bond donors (Lipinski definition) is 0. The molecule has 108 valence electrons. The molecule has 0 saturated carbocycles. The number of thiazole rings is 1. The molecule has 0 saturated heterocycles. The second kappa shape index (κ2) is 7.04. The number of aryl methyl sites for hydroxylation is 1. The van der Waals surface area contributed by atoms with Crippen LogP contribution in [-0.2, 0) is 16.6 Å². The first-order chi connectivity index (χ1) is 8.84. The van der Waals surface area contributed by atoms with Crippen molar-refractivity contribution >= 4 is 17.2 Å². The van der Waals surface area contributed by atoms with Crippen LogP contribution in [0.3, 0.4) is 0 Å². The van der Waals surface area contributed by atoms with E-state index in [0.29, 0.717) is 6.42 Å². The lowest BCUT2D eigenvalue weighted by Gasteiger charge is -2.16. The molecule has 1 aromatic heterocycles. The summed E-state index contributed by atoms with van der Waals surface area (Å²) in [6.07, 6.45) is 3.53. The molecule has 0 aliphatic carbocycles. The molecule has 3 nitrogen and oxygen atoms in total. The fourth-order valence-corrected chi connectivity index (χ4v) is 2.72. The second-order valence-electron chi connectivity index (χ2n) is 6.05. The molecule has 1 rings (SSSR count). The van der Waals surface area contributed by atoms with Crippen molar-refractivity contribution in [2.45, 2.75) is 58.8 Å². The maximum Gasteiger partial charge on any atom is 0.222 e. The topological polar surface area (TPSA) is 33.2 Å². The van der Waals surface area contributed by atoms with Crippen LogP contribution in [0.5, 0.6) is 0 Å². The van der Waals surface area contributed by atoms with E-state index in [1.807, 2.05) is 11.9 Å². The van der Waals surface area contributed by atoms with Crippen molar-refractivity contribution < 1.29 is 4.79 Å². The minimum atomic E-state index is 0.0939. The average molecular weight is 282 g/mol. The van der Waals surface area contributed by atoms with Gasteiger partial charge >= 0.3 is 0 Å². The molecule has 0 unspecified atom stereocenters. The molecule has 0 fully saturated rings. The van der Waals surface area contributed by atoms with Crippen LogP contribution < -0.4 is 0 Å². The molecule has 1 heterocycles. The predicted molar refractivity (Wildman–Crippen MR) is 81.7 cm³/mol. The van der Waals surface area contributed by atoms with Crippen molar-refractivity contribution in [3.63, 3.8) is 0 Å². The molecule has 0 aliphatic heterocycles. The first kappa shape index (κ1) is 16.2. The van der Waals surface area contributed by atoms with Gasteiger partial charge in [0.15, 0.2) is 0 Å². The van der Waals surface area contributed by atoms with Crippen molar-refractivity contribution in [3.8, 4) is 0 Å². The second-order valence-corrected chi connectivity index (χ2v) is 6.99. The predicted octanol–water partition coefficient (Wildman–Crippen LogP) is 3.63. The zero-order chi connectivity index (χ0) is 14.5. The van der Waals surface area contributed by atoms with E-state index in [0.717, 1.165) is 36.5 Å². The van der Waals surface area contributed by atoms with E-state index in [-0.39, 0.29) is 11.3 Å².